The Morgan fingerprint density at radius 3 is 2.62 bits per heavy atom. The van der Waals surface area contributed by atoms with Crippen LogP contribution in [0.25, 0.3) is 0 Å². The van der Waals surface area contributed by atoms with Crippen LogP contribution in [0.3, 0.4) is 0 Å². The fraction of sp³-hybridized carbons (Fsp3) is 0.625. The van der Waals surface area contributed by atoms with Gasteiger partial charge >= 0.3 is 0 Å². The highest BCUT2D eigenvalue weighted by atomic mass is 127. The van der Waals surface area contributed by atoms with Gasteiger partial charge in [-0.2, -0.15) is 0 Å². The third-order valence-electron chi connectivity index (χ3n) is 3.30. The number of aliphatic imine (C=N–C) groups is 1. The number of nitrogens with one attached hydrogen (secondary N) is 2. The summed E-state index contributed by atoms with van der Waals surface area (Å²) in [5.41, 5.74) is 2.58. The Hall–Kier alpha value is -0.850. The van der Waals surface area contributed by atoms with Crippen molar-refractivity contribution >= 4 is 29.9 Å². The lowest BCUT2D eigenvalue weighted by atomic mass is 10.1. The number of aryl methyl sites for hydroxylation is 1. The lowest BCUT2D eigenvalue weighted by molar-refractivity contribution is 0.549. The van der Waals surface area contributed by atoms with Crippen molar-refractivity contribution in [2.24, 2.45) is 10.9 Å². The number of hydrogen-bond donors (Lipinski definition) is 2. The third-order valence-corrected chi connectivity index (χ3v) is 3.30. The van der Waals surface area contributed by atoms with Gasteiger partial charge in [0.05, 0.1) is 0 Å². The molecule has 120 valence electrons. The summed E-state index contributed by atoms with van der Waals surface area (Å²) in [6, 6.07) is 2.08. The normalized spacial score (nSPS) is 11.2. The fourth-order valence-electron chi connectivity index (χ4n) is 2.04. The lowest BCUT2D eigenvalue weighted by Gasteiger charge is -2.13. The number of halogens is 1. The number of rotatable bonds is 7. The number of hydrogen-bond acceptors (Lipinski definition) is 2. The largest absolute Gasteiger partial charge is 0.356 e. The SMILES string of the molecule is CN=C(NCCCC(C)C)NCCc1ccncc1C.I. The summed E-state index contributed by atoms with van der Waals surface area (Å²) in [5.74, 6) is 1.65. The van der Waals surface area contributed by atoms with Crippen LogP contribution < -0.4 is 10.6 Å². The van der Waals surface area contributed by atoms with E-state index < -0.39 is 0 Å². The van der Waals surface area contributed by atoms with Crippen LogP contribution in [0, 0.1) is 12.8 Å². The van der Waals surface area contributed by atoms with Crippen molar-refractivity contribution < 1.29 is 0 Å². The maximum absolute atomic E-state index is 4.24. The Morgan fingerprint density at radius 2 is 2.00 bits per heavy atom. The monoisotopic (exact) mass is 404 g/mol. The van der Waals surface area contributed by atoms with E-state index in [0.717, 1.165) is 31.4 Å². The van der Waals surface area contributed by atoms with Gasteiger partial charge in [-0.1, -0.05) is 13.8 Å². The molecule has 1 heterocycles. The minimum Gasteiger partial charge on any atom is -0.356 e. The lowest BCUT2D eigenvalue weighted by Crippen LogP contribution is -2.38. The Kier molecular flexibility index (Phi) is 11.3. The predicted octanol–water partition coefficient (Wildman–Crippen LogP) is 3.15. The molecule has 0 aliphatic carbocycles. The maximum atomic E-state index is 4.24. The molecule has 0 saturated heterocycles. The summed E-state index contributed by atoms with van der Waals surface area (Å²) in [6.45, 7) is 8.47. The average Bonchev–Trinajstić information content (AvgIpc) is 2.43. The highest BCUT2D eigenvalue weighted by Crippen LogP contribution is 2.05. The zero-order valence-electron chi connectivity index (χ0n) is 13.6. The first-order valence-corrected chi connectivity index (χ1v) is 7.47. The zero-order chi connectivity index (χ0) is 14.8. The van der Waals surface area contributed by atoms with Gasteiger partial charge in [-0.15, -0.1) is 24.0 Å². The molecule has 0 aliphatic heterocycles. The summed E-state index contributed by atoms with van der Waals surface area (Å²) in [5, 5.41) is 6.70. The molecule has 1 aromatic rings. The van der Waals surface area contributed by atoms with Crippen LogP contribution in [-0.4, -0.2) is 31.1 Å². The molecule has 0 amide bonds. The first kappa shape index (κ1) is 20.1. The molecule has 21 heavy (non-hydrogen) atoms. The van der Waals surface area contributed by atoms with Crippen LogP contribution in [-0.2, 0) is 6.42 Å². The minimum atomic E-state index is 0. The van der Waals surface area contributed by atoms with Gasteiger partial charge < -0.3 is 10.6 Å². The molecule has 0 spiro atoms. The van der Waals surface area contributed by atoms with E-state index in [0.29, 0.717) is 0 Å². The Bertz CT molecular complexity index is 418. The molecule has 0 radical (unpaired) electrons. The van der Waals surface area contributed by atoms with E-state index in [1.807, 2.05) is 19.4 Å². The summed E-state index contributed by atoms with van der Waals surface area (Å²) in [6.07, 6.45) is 7.18. The van der Waals surface area contributed by atoms with Crippen LogP contribution in [0.15, 0.2) is 23.5 Å². The van der Waals surface area contributed by atoms with Crippen molar-refractivity contribution in [2.75, 3.05) is 20.1 Å². The van der Waals surface area contributed by atoms with Crippen molar-refractivity contribution in [2.45, 2.75) is 40.0 Å². The molecule has 0 bridgehead atoms. The van der Waals surface area contributed by atoms with E-state index in [4.69, 9.17) is 0 Å². The van der Waals surface area contributed by atoms with E-state index in [1.165, 1.54) is 24.0 Å². The van der Waals surface area contributed by atoms with Gasteiger partial charge in [0, 0.05) is 32.5 Å². The van der Waals surface area contributed by atoms with Gasteiger partial charge in [-0.05, 0) is 49.3 Å². The second-order valence-corrected chi connectivity index (χ2v) is 5.51. The Morgan fingerprint density at radius 1 is 1.29 bits per heavy atom. The van der Waals surface area contributed by atoms with E-state index in [9.17, 15) is 0 Å². The van der Waals surface area contributed by atoms with Gasteiger partial charge in [-0.25, -0.2) is 0 Å². The van der Waals surface area contributed by atoms with Gasteiger partial charge in [0.25, 0.3) is 0 Å². The quantitative estimate of drug-likeness (QED) is 0.318. The number of guanidine groups is 1. The Labute approximate surface area is 146 Å². The molecule has 0 saturated carbocycles. The second kappa shape index (κ2) is 11.8. The molecular formula is C16H29IN4. The molecule has 0 unspecified atom stereocenters. The topological polar surface area (TPSA) is 49.3 Å². The summed E-state index contributed by atoms with van der Waals surface area (Å²) in [7, 11) is 1.81. The zero-order valence-corrected chi connectivity index (χ0v) is 16.0. The van der Waals surface area contributed by atoms with Crippen LogP contribution in [0.4, 0.5) is 0 Å². The molecule has 0 aromatic carbocycles. The third kappa shape index (κ3) is 8.90. The highest BCUT2D eigenvalue weighted by Gasteiger charge is 2.00. The van der Waals surface area contributed by atoms with Crippen molar-refractivity contribution in [3.8, 4) is 0 Å². The minimum absolute atomic E-state index is 0. The summed E-state index contributed by atoms with van der Waals surface area (Å²) in [4.78, 5) is 8.35. The first-order chi connectivity index (χ1) is 9.63. The number of aromatic nitrogens is 1. The van der Waals surface area contributed by atoms with Crippen LogP contribution in [0.5, 0.6) is 0 Å². The fourth-order valence-corrected chi connectivity index (χ4v) is 2.04. The van der Waals surface area contributed by atoms with E-state index in [1.54, 1.807) is 0 Å². The van der Waals surface area contributed by atoms with E-state index in [2.05, 4.69) is 47.4 Å². The van der Waals surface area contributed by atoms with Gasteiger partial charge in [0.15, 0.2) is 5.96 Å². The highest BCUT2D eigenvalue weighted by molar-refractivity contribution is 14.0. The first-order valence-electron chi connectivity index (χ1n) is 7.47. The van der Waals surface area contributed by atoms with Crippen molar-refractivity contribution in [1.82, 2.24) is 15.6 Å². The molecule has 5 heteroatoms. The molecule has 1 aromatic heterocycles. The van der Waals surface area contributed by atoms with Crippen molar-refractivity contribution in [3.05, 3.63) is 29.6 Å². The summed E-state index contributed by atoms with van der Waals surface area (Å²) >= 11 is 0. The second-order valence-electron chi connectivity index (χ2n) is 5.51. The average molecular weight is 404 g/mol. The van der Waals surface area contributed by atoms with E-state index in [-0.39, 0.29) is 24.0 Å². The molecule has 1 rings (SSSR count). The van der Waals surface area contributed by atoms with Gasteiger partial charge in [-0.3, -0.25) is 9.98 Å². The van der Waals surface area contributed by atoms with E-state index >= 15 is 0 Å². The Balaban J connectivity index is 0.00000400. The van der Waals surface area contributed by atoms with Crippen LogP contribution in [0.1, 0.15) is 37.8 Å². The standard InChI is InChI=1S/C16H28N4.HI/c1-13(2)6-5-9-19-16(17-4)20-11-8-15-7-10-18-12-14(15)3;/h7,10,12-13H,5-6,8-9,11H2,1-4H3,(H2,17,19,20);1H. The van der Waals surface area contributed by atoms with Gasteiger partial charge in [0.2, 0.25) is 0 Å². The maximum Gasteiger partial charge on any atom is 0.190 e. The molecule has 0 fully saturated rings. The van der Waals surface area contributed by atoms with Crippen molar-refractivity contribution in [3.63, 3.8) is 0 Å². The predicted molar refractivity (Wildman–Crippen MR) is 102 cm³/mol. The number of nitrogens with zero attached hydrogens (tertiary/aromatic N) is 2. The smallest absolute Gasteiger partial charge is 0.190 e. The van der Waals surface area contributed by atoms with Crippen LogP contribution >= 0.6 is 24.0 Å². The van der Waals surface area contributed by atoms with Crippen molar-refractivity contribution in [1.29, 1.82) is 0 Å². The summed E-state index contributed by atoms with van der Waals surface area (Å²) < 4.78 is 0. The number of pyridine rings is 1. The molecule has 2 N–H and O–H groups in total. The molecular weight excluding hydrogens is 375 g/mol. The molecule has 4 nitrogen and oxygen atoms in total. The molecule has 0 aliphatic rings. The van der Waals surface area contributed by atoms with Gasteiger partial charge in [0.1, 0.15) is 0 Å². The van der Waals surface area contributed by atoms with Crippen LogP contribution in [0.2, 0.25) is 0 Å². The molecule has 0 atom stereocenters.